The lowest BCUT2D eigenvalue weighted by Crippen LogP contribution is -1.89. The molecule has 2 aromatic rings. The largest absolute Gasteiger partial charge is 0.398 e. The van der Waals surface area contributed by atoms with E-state index in [2.05, 4.69) is 26.0 Å². The molecule has 0 unspecified atom stereocenters. The van der Waals surface area contributed by atoms with E-state index in [9.17, 15) is 0 Å². The third-order valence-electron chi connectivity index (χ3n) is 2.56. The number of aryl methyl sites for hydroxylation is 2. The Kier molecular flexibility index (Phi) is 4.09. The van der Waals surface area contributed by atoms with Gasteiger partial charge in [-0.2, -0.15) is 0 Å². The lowest BCUT2D eigenvalue weighted by molar-refractivity contribution is 1.37. The molecule has 0 spiro atoms. The molecule has 0 aliphatic carbocycles. The third kappa shape index (κ3) is 3.15. The van der Waals surface area contributed by atoms with Crippen molar-refractivity contribution in [1.29, 1.82) is 0 Å². The van der Waals surface area contributed by atoms with Crippen LogP contribution in [0, 0.1) is 13.8 Å². The van der Waals surface area contributed by atoms with Crippen LogP contribution in [0.3, 0.4) is 0 Å². The van der Waals surface area contributed by atoms with Crippen molar-refractivity contribution in [1.82, 2.24) is 0 Å². The van der Waals surface area contributed by atoms with Crippen molar-refractivity contribution < 1.29 is 0 Å². The minimum Gasteiger partial charge on any atom is -0.398 e. The van der Waals surface area contributed by atoms with Crippen LogP contribution in [-0.4, -0.2) is 0 Å². The summed E-state index contributed by atoms with van der Waals surface area (Å²) >= 11 is 0. The number of anilines is 2. The second-order valence-electron chi connectivity index (χ2n) is 4.25. The fraction of sp³-hybridized carbons (Fsp3) is 0.143. The molecule has 2 aromatic carbocycles. The Hall–Kier alpha value is -1.26. The van der Waals surface area contributed by atoms with Crippen molar-refractivity contribution in [2.24, 2.45) is 0 Å². The molecule has 0 aliphatic rings. The quantitative estimate of drug-likeness (QED) is 0.649. The SMILES string of the molecule is Cc1ccc(N)c(SSc2cc(C)ccc2N)c1. The maximum Gasteiger partial charge on any atom is 0.0461 e. The monoisotopic (exact) mass is 276 g/mol. The molecule has 4 N–H and O–H groups in total. The summed E-state index contributed by atoms with van der Waals surface area (Å²) in [4.78, 5) is 2.17. The number of hydrogen-bond acceptors (Lipinski definition) is 4. The first kappa shape index (κ1) is 13.2. The van der Waals surface area contributed by atoms with Crippen molar-refractivity contribution in [2.75, 3.05) is 11.5 Å². The molecule has 0 aliphatic heterocycles. The van der Waals surface area contributed by atoms with E-state index in [-0.39, 0.29) is 0 Å². The predicted octanol–water partition coefficient (Wildman–Crippen LogP) is 4.27. The fourth-order valence-corrected chi connectivity index (χ4v) is 3.90. The first-order valence-corrected chi connectivity index (χ1v) is 7.78. The van der Waals surface area contributed by atoms with Crippen LogP contribution in [0.4, 0.5) is 11.4 Å². The summed E-state index contributed by atoms with van der Waals surface area (Å²) in [6.45, 7) is 4.13. The van der Waals surface area contributed by atoms with Crippen molar-refractivity contribution in [2.45, 2.75) is 23.6 Å². The van der Waals surface area contributed by atoms with Crippen molar-refractivity contribution in [3.8, 4) is 0 Å². The second kappa shape index (κ2) is 5.59. The van der Waals surface area contributed by atoms with Gasteiger partial charge in [0.1, 0.15) is 0 Å². The third-order valence-corrected chi connectivity index (χ3v) is 5.04. The molecule has 0 bridgehead atoms. The first-order chi connectivity index (χ1) is 8.56. The summed E-state index contributed by atoms with van der Waals surface area (Å²) in [7, 11) is 3.30. The Morgan fingerprint density at radius 2 is 1.11 bits per heavy atom. The Morgan fingerprint density at radius 1 is 0.722 bits per heavy atom. The number of nitrogens with two attached hydrogens (primary N) is 2. The lowest BCUT2D eigenvalue weighted by Gasteiger charge is -2.08. The van der Waals surface area contributed by atoms with Gasteiger partial charge in [0.15, 0.2) is 0 Å². The van der Waals surface area contributed by atoms with Gasteiger partial charge in [0.25, 0.3) is 0 Å². The summed E-state index contributed by atoms with van der Waals surface area (Å²) in [5.41, 5.74) is 16.0. The molecule has 94 valence electrons. The fourth-order valence-electron chi connectivity index (χ4n) is 1.52. The smallest absolute Gasteiger partial charge is 0.0461 e. The highest BCUT2D eigenvalue weighted by Crippen LogP contribution is 2.42. The maximum absolute atomic E-state index is 5.96. The number of benzene rings is 2. The highest BCUT2D eigenvalue weighted by molar-refractivity contribution is 8.76. The highest BCUT2D eigenvalue weighted by atomic mass is 33.1. The average molecular weight is 276 g/mol. The van der Waals surface area contributed by atoms with E-state index in [1.807, 2.05) is 24.3 Å². The molecule has 4 heteroatoms. The van der Waals surface area contributed by atoms with Gasteiger partial charge in [-0.05, 0) is 49.2 Å². The molecule has 2 nitrogen and oxygen atoms in total. The minimum absolute atomic E-state index is 0.810. The molecule has 0 atom stereocenters. The van der Waals surface area contributed by atoms with Crippen LogP contribution in [-0.2, 0) is 0 Å². The van der Waals surface area contributed by atoms with E-state index in [0.29, 0.717) is 0 Å². The van der Waals surface area contributed by atoms with Gasteiger partial charge in [-0.1, -0.05) is 33.7 Å². The zero-order valence-electron chi connectivity index (χ0n) is 10.4. The van der Waals surface area contributed by atoms with E-state index in [1.165, 1.54) is 11.1 Å². The van der Waals surface area contributed by atoms with Crippen LogP contribution in [0.1, 0.15) is 11.1 Å². The van der Waals surface area contributed by atoms with Gasteiger partial charge in [0.2, 0.25) is 0 Å². The molecule has 2 rings (SSSR count). The lowest BCUT2D eigenvalue weighted by atomic mass is 10.2. The standard InChI is InChI=1S/C14H16N2S2/c1-9-3-5-11(15)13(7-9)17-18-14-8-10(2)4-6-12(14)16/h3-8H,15-16H2,1-2H3. The van der Waals surface area contributed by atoms with Gasteiger partial charge >= 0.3 is 0 Å². The summed E-state index contributed by atoms with van der Waals surface area (Å²) in [5.74, 6) is 0. The van der Waals surface area contributed by atoms with Gasteiger partial charge in [-0.25, -0.2) is 0 Å². The Balaban J connectivity index is 2.16. The Bertz CT molecular complexity index is 516. The number of hydrogen-bond donors (Lipinski definition) is 2. The molecular weight excluding hydrogens is 260 g/mol. The Labute approximate surface area is 116 Å². The summed E-state index contributed by atoms with van der Waals surface area (Å²) in [6, 6.07) is 12.1. The summed E-state index contributed by atoms with van der Waals surface area (Å²) in [5, 5.41) is 0. The van der Waals surface area contributed by atoms with Gasteiger partial charge in [0, 0.05) is 21.2 Å². The number of nitrogen functional groups attached to an aromatic ring is 2. The van der Waals surface area contributed by atoms with Crippen molar-refractivity contribution >= 4 is 33.0 Å². The van der Waals surface area contributed by atoms with E-state index < -0.39 is 0 Å². The zero-order valence-corrected chi connectivity index (χ0v) is 12.1. The molecule has 0 radical (unpaired) electrons. The van der Waals surface area contributed by atoms with Crippen molar-refractivity contribution in [3.63, 3.8) is 0 Å². The van der Waals surface area contributed by atoms with E-state index in [0.717, 1.165) is 21.2 Å². The average Bonchev–Trinajstić information content (AvgIpc) is 2.34. The van der Waals surface area contributed by atoms with Gasteiger partial charge in [0.05, 0.1) is 0 Å². The highest BCUT2D eigenvalue weighted by Gasteiger charge is 2.05. The van der Waals surface area contributed by atoms with Gasteiger partial charge in [-0.3, -0.25) is 0 Å². The first-order valence-electron chi connectivity index (χ1n) is 5.63. The summed E-state index contributed by atoms with van der Waals surface area (Å²) < 4.78 is 0. The molecular formula is C14H16N2S2. The van der Waals surface area contributed by atoms with E-state index >= 15 is 0 Å². The van der Waals surface area contributed by atoms with E-state index in [1.54, 1.807) is 21.6 Å². The molecule has 0 saturated heterocycles. The molecule has 0 fully saturated rings. The normalized spacial score (nSPS) is 10.6. The van der Waals surface area contributed by atoms with Crippen LogP contribution in [0.25, 0.3) is 0 Å². The van der Waals surface area contributed by atoms with Crippen LogP contribution >= 0.6 is 21.6 Å². The predicted molar refractivity (Wildman–Crippen MR) is 82.9 cm³/mol. The zero-order chi connectivity index (χ0) is 13.1. The van der Waals surface area contributed by atoms with Crippen molar-refractivity contribution in [3.05, 3.63) is 47.5 Å². The van der Waals surface area contributed by atoms with Gasteiger partial charge in [-0.15, -0.1) is 0 Å². The molecule has 0 aromatic heterocycles. The summed E-state index contributed by atoms with van der Waals surface area (Å²) in [6.07, 6.45) is 0. The molecule has 0 heterocycles. The second-order valence-corrected chi connectivity index (χ2v) is 6.46. The van der Waals surface area contributed by atoms with Gasteiger partial charge < -0.3 is 11.5 Å². The maximum atomic E-state index is 5.96. The Morgan fingerprint density at radius 3 is 1.50 bits per heavy atom. The topological polar surface area (TPSA) is 52.0 Å². The molecule has 0 saturated carbocycles. The molecule has 18 heavy (non-hydrogen) atoms. The molecule has 0 amide bonds. The van der Waals surface area contributed by atoms with Crippen LogP contribution < -0.4 is 11.5 Å². The van der Waals surface area contributed by atoms with Crippen LogP contribution in [0.5, 0.6) is 0 Å². The van der Waals surface area contributed by atoms with E-state index in [4.69, 9.17) is 11.5 Å². The van der Waals surface area contributed by atoms with Crippen LogP contribution in [0.2, 0.25) is 0 Å². The number of rotatable bonds is 3. The van der Waals surface area contributed by atoms with Crippen LogP contribution in [0.15, 0.2) is 46.2 Å². The minimum atomic E-state index is 0.810.